The number of carbonyl (C=O) groups is 2. The van der Waals surface area contributed by atoms with E-state index >= 15 is 0 Å². The lowest BCUT2D eigenvalue weighted by Crippen LogP contribution is -2.32. The zero-order valence-electron chi connectivity index (χ0n) is 15.9. The molecule has 1 N–H and O–H groups in total. The van der Waals surface area contributed by atoms with Crippen LogP contribution in [0.15, 0.2) is 78.5 Å². The van der Waals surface area contributed by atoms with Crippen LogP contribution >= 0.6 is 11.6 Å². The highest BCUT2D eigenvalue weighted by Gasteiger charge is 2.40. The van der Waals surface area contributed by atoms with Crippen LogP contribution in [0.25, 0.3) is 5.57 Å². The molecule has 0 aromatic heterocycles. The molecule has 30 heavy (non-hydrogen) atoms. The van der Waals surface area contributed by atoms with Crippen molar-refractivity contribution in [3.05, 3.63) is 94.9 Å². The van der Waals surface area contributed by atoms with E-state index in [-0.39, 0.29) is 22.0 Å². The molecule has 1 heterocycles. The van der Waals surface area contributed by atoms with E-state index in [1.165, 1.54) is 12.1 Å². The third kappa shape index (κ3) is 3.53. The Morgan fingerprint density at radius 1 is 0.933 bits per heavy atom. The van der Waals surface area contributed by atoms with Gasteiger partial charge in [0, 0.05) is 5.69 Å². The SMILES string of the molecule is COc1ccc(NC2=C(c3ccccc3)C(=O)N(c3ccc(F)c(Cl)c3)C2=O)cc1. The highest BCUT2D eigenvalue weighted by atomic mass is 35.5. The van der Waals surface area contributed by atoms with Crippen LogP contribution < -0.4 is 15.0 Å². The zero-order chi connectivity index (χ0) is 21.3. The number of benzene rings is 3. The molecule has 0 atom stereocenters. The molecule has 0 saturated carbocycles. The average molecular weight is 423 g/mol. The van der Waals surface area contributed by atoms with Gasteiger partial charge in [-0.25, -0.2) is 9.29 Å². The summed E-state index contributed by atoms with van der Waals surface area (Å²) in [6, 6.07) is 19.6. The van der Waals surface area contributed by atoms with E-state index in [2.05, 4.69) is 5.32 Å². The highest BCUT2D eigenvalue weighted by Crippen LogP contribution is 2.35. The molecule has 0 aliphatic carbocycles. The number of nitrogens with zero attached hydrogens (tertiary/aromatic N) is 1. The van der Waals surface area contributed by atoms with Gasteiger partial charge in [0.15, 0.2) is 0 Å². The maximum Gasteiger partial charge on any atom is 0.282 e. The van der Waals surface area contributed by atoms with Crippen molar-refractivity contribution in [1.82, 2.24) is 0 Å². The summed E-state index contributed by atoms with van der Waals surface area (Å²) >= 11 is 5.87. The predicted molar refractivity (Wildman–Crippen MR) is 114 cm³/mol. The fourth-order valence-electron chi connectivity index (χ4n) is 3.20. The van der Waals surface area contributed by atoms with Gasteiger partial charge in [-0.15, -0.1) is 0 Å². The third-order valence-corrected chi connectivity index (χ3v) is 4.96. The lowest BCUT2D eigenvalue weighted by molar-refractivity contribution is -0.120. The number of ether oxygens (including phenoxy) is 1. The molecule has 0 unspecified atom stereocenters. The van der Waals surface area contributed by atoms with Gasteiger partial charge in [0.05, 0.1) is 23.4 Å². The Kier molecular flexibility index (Phi) is 5.25. The second kappa shape index (κ2) is 8.00. The van der Waals surface area contributed by atoms with E-state index < -0.39 is 17.6 Å². The molecule has 2 amide bonds. The van der Waals surface area contributed by atoms with Crippen molar-refractivity contribution < 1.29 is 18.7 Å². The number of imide groups is 1. The molecule has 0 saturated heterocycles. The predicted octanol–water partition coefficient (Wildman–Crippen LogP) is 4.88. The fraction of sp³-hybridized carbons (Fsp3) is 0.0435. The van der Waals surface area contributed by atoms with Crippen LogP contribution in [0.4, 0.5) is 15.8 Å². The Morgan fingerprint density at radius 2 is 1.63 bits per heavy atom. The van der Waals surface area contributed by atoms with Gasteiger partial charge in [0.1, 0.15) is 17.3 Å². The molecule has 5 nitrogen and oxygen atoms in total. The standard InChI is InChI=1S/C23H16ClFN2O3/c1-30-17-10-7-15(8-11-17)26-21-20(14-5-3-2-4-6-14)22(28)27(23(21)29)16-9-12-19(25)18(24)13-16/h2-13,26H,1H3. The first-order valence-electron chi connectivity index (χ1n) is 9.04. The van der Waals surface area contributed by atoms with Gasteiger partial charge in [-0.2, -0.15) is 0 Å². The van der Waals surface area contributed by atoms with Crippen molar-refractivity contribution in [2.45, 2.75) is 0 Å². The Morgan fingerprint density at radius 3 is 2.27 bits per heavy atom. The van der Waals surface area contributed by atoms with E-state index in [9.17, 15) is 14.0 Å². The smallest absolute Gasteiger partial charge is 0.282 e. The molecular weight excluding hydrogens is 407 g/mol. The van der Waals surface area contributed by atoms with Gasteiger partial charge in [-0.05, 0) is 48.0 Å². The molecule has 1 aliphatic heterocycles. The number of nitrogens with one attached hydrogen (secondary N) is 1. The minimum atomic E-state index is -0.632. The number of rotatable bonds is 5. The Hall–Kier alpha value is -3.64. The van der Waals surface area contributed by atoms with Crippen LogP contribution in [0.2, 0.25) is 5.02 Å². The first kappa shape index (κ1) is 19.7. The fourth-order valence-corrected chi connectivity index (χ4v) is 3.37. The number of amides is 2. The van der Waals surface area contributed by atoms with Crippen LogP contribution in [-0.4, -0.2) is 18.9 Å². The van der Waals surface area contributed by atoms with Crippen LogP contribution in [0.3, 0.4) is 0 Å². The number of carbonyl (C=O) groups excluding carboxylic acids is 2. The van der Waals surface area contributed by atoms with Crippen molar-refractivity contribution >= 4 is 40.4 Å². The second-order valence-corrected chi connectivity index (χ2v) is 6.92. The van der Waals surface area contributed by atoms with Gasteiger partial charge in [-0.3, -0.25) is 9.59 Å². The van der Waals surface area contributed by atoms with E-state index in [4.69, 9.17) is 16.3 Å². The van der Waals surface area contributed by atoms with Crippen molar-refractivity contribution in [2.75, 3.05) is 17.3 Å². The molecule has 0 fully saturated rings. The lowest BCUT2D eigenvalue weighted by atomic mass is 10.0. The maximum absolute atomic E-state index is 13.6. The summed E-state index contributed by atoms with van der Waals surface area (Å²) in [6.07, 6.45) is 0. The van der Waals surface area contributed by atoms with E-state index in [0.29, 0.717) is 17.0 Å². The van der Waals surface area contributed by atoms with Gasteiger partial charge in [0.2, 0.25) is 0 Å². The number of hydrogen-bond donors (Lipinski definition) is 1. The molecule has 3 aromatic carbocycles. The average Bonchev–Trinajstić information content (AvgIpc) is 3.01. The highest BCUT2D eigenvalue weighted by molar-refractivity contribution is 6.46. The van der Waals surface area contributed by atoms with E-state index in [1.54, 1.807) is 55.6 Å². The summed E-state index contributed by atoms with van der Waals surface area (Å²) in [7, 11) is 1.56. The molecule has 150 valence electrons. The van der Waals surface area contributed by atoms with Gasteiger partial charge >= 0.3 is 0 Å². The molecular formula is C23H16ClFN2O3. The molecule has 3 aromatic rings. The van der Waals surface area contributed by atoms with Crippen LogP contribution in [0.1, 0.15) is 5.56 Å². The minimum absolute atomic E-state index is 0.122. The quantitative estimate of drug-likeness (QED) is 0.595. The van der Waals surface area contributed by atoms with Gasteiger partial charge < -0.3 is 10.1 Å². The minimum Gasteiger partial charge on any atom is -0.497 e. The maximum atomic E-state index is 13.6. The van der Waals surface area contributed by atoms with Crippen molar-refractivity contribution in [3.63, 3.8) is 0 Å². The normalized spacial score (nSPS) is 13.8. The second-order valence-electron chi connectivity index (χ2n) is 6.51. The molecule has 4 rings (SSSR count). The summed E-state index contributed by atoms with van der Waals surface area (Å²) in [4.78, 5) is 27.5. The van der Waals surface area contributed by atoms with Crippen LogP contribution in [0.5, 0.6) is 5.75 Å². The largest absolute Gasteiger partial charge is 0.497 e. The summed E-state index contributed by atoms with van der Waals surface area (Å²) in [6.45, 7) is 0. The Labute approximate surface area is 177 Å². The number of methoxy groups -OCH3 is 1. The third-order valence-electron chi connectivity index (χ3n) is 4.67. The van der Waals surface area contributed by atoms with Gasteiger partial charge in [-0.1, -0.05) is 41.9 Å². The van der Waals surface area contributed by atoms with Crippen molar-refractivity contribution in [3.8, 4) is 5.75 Å². The van der Waals surface area contributed by atoms with Crippen LogP contribution in [-0.2, 0) is 9.59 Å². The Bertz CT molecular complexity index is 1160. The molecule has 0 spiro atoms. The van der Waals surface area contributed by atoms with Crippen LogP contribution in [0, 0.1) is 5.82 Å². The summed E-state index contributed by atoms with van der Waals surface area (Å²) < 4.78 is 18.7. The molecule has 1 aliphatic rings. The Balaban J connectivity index is 1.79. The molecule has 0 bridgehead atoms. The van der Waals surface area contributed by atoms with Crippen molar-refractivity contribution in [1.29, 1.82) is 0 Å². The number of hydrogen-bond acceptors (Lipinski definition) is 4. The van der Waals surface area contributed by atoms with Gasteiger partial charge in [0.25, 0.3) is 11.8 Å². The number of anilines is 2. The number of halogens is 2. The van der Waals surface area contributed by atoms with E-state index in [1.807, 2.05) is 6.07 Å². The first-order valence-corrected chi connectivity index (χ1v) is 9.42. The lowest BCUT2D eigenvalue weighted by Gasteiger charge is -2.16. The van der Waals surface area contributed by atoms with Crippen molar-refractivity contribution in [2.24, 2.45) is 0 Å². The zero-order valence-corrected chi connectivity index (χ0v) is 16.6. The summed E-state index contributed by atoms with van der Waals surface area (Å²) in [5, 5.41) is 2.88. The molecule has 0 radical (unpaired) electrons. The topological polar surface area (TPSA) is 58.6 Å². The monoisotopic (exact) mass is 422 g/mol. The summed E-state index contributed by atoms with van der Waals surface area (Å²) in [5.41, 5.74) is 1.73. The first-order chi connectivity index (χ1) is 14.5. The van der Waals surface area contributed by atoms with E-state index in [0.717, 1.165) is 11.0 Å². The summed E-state index contributed by atoms with van der Waals surface area (Å²) in [5.74, 6) is -1.05. The molecule has 7 heteroatoms.